The van der Waals surface area contributed by atoms with Gasteiger partial charge in [-0.15, -0.1) is 0 Å². The summed E-state index contributed by atoms with van der Waals surface area (Å²) in [5.74, 6) is -0.667. The van der Waals surface area contributed by atoms with Gasteiger partial charge < -0.3 is 14.7 Å². The number of benzene rings is 2. The number of anilines is 3. The van der Waals surface area contributed by atoms with Gasteiger partial charge in [-0.25, -0.2) is 13.8 Å². The van der Waals surface area contributed by atoms with E-state index in [0.29, 0.717) is 42.9 Å². The Kier molecular flexibility index (Phi) is 7.96. The second kappa shape index (κ2) is 11.5. The molecular weight excluding hydrogens is 576 g/mol. The van der Waals surface area contributed by atoms with E-state index in [9.17, 15) is 22.0 Å². The molecule has 5 rings (SSSR count). The number of nitrogens with zero attached hydrogens (tertiary/aromatic N) is 3. The predicted molar refractivity (Wildman–Crippen MR) is 150 cm³/mol. The average molecular weight is 602 g/mol. The molecule has 1 fully saturated rings. The van der Waals surface area contributed by atoms with Crippen LogP contribution in [0.1, 0.15) is 46.0 Å². The van der Waals surface area contributed by atoms with E-state index in [0.717, 1.165) is 11.8 Å². The first kappa shape index (κ1) is 28.5. The van der Waals surface area contributed by atoms with Gasteiger partial charge in [0.05, 0.1) is 11.3 Å². The minimum Gasteiger partial charge on any atom is -0.360 e. The van der Waals surface area contributed by atoms with Gasteiger partial charge >= 0.3 is 0 Å². The molecule has 0 saturated carbocycles. The fourth-order valence-corrected chi connectivity index (χ4v) is 6.27. The summed E-state index contributed by atoms with van der Waals surface area (Å²) >= 11 is 6.64. The van der Waals surface area contributed by atoms with Gasteiger partial charge in [-0.05, 0) is 74.1 Å². The van der Waals surface area contributed by atoms with Crippen LogP contribution in [0.5, 0.6) is 0 Å². The fourth-order valence-electron chi connectivity index (χ4n) is 4.76. The van der Waals surface area contributed by atoms with Crippen molar-refractivity contribution in [1.29, 1.82) is 0 Å². The van der Waals surface area contributed by atoms with Crippen LogP contribution in [0.3, 0.4) is 0 Å². The second-order valence-corrected chi connectivity index (χ2v) is 11.8. The lowest BCUT2D eigenvalue weighted by atomic mass is 9.89. The number of hydrogen-bond acceptors (Lipinski definition) is 7. The highest BCUT2D eigenvalue weighted by Gasteiger charge is 2.31. The standard InChI is InChI=1S/C28H26ClF2N5O4S/c1-16-13-21(31)7-8-23(16)33-26-22(15-32-27(25(26)29)41(38,39)35-24-14-17(2)40-34-24)28(37)36-11-9-19(10-12-36)18-3-5-20(30)6-4-18/h3-8,13-15,19H,9-12H2,1-2H3,(H,32,33)(H,34,35). The molecule has 9 nitrogen and oxygen atoms in total. The topological polar surface area (TPSA) is 117 Å². The van der Waals surface area contributed by atoms with Gasteiger partial charge in [0.15, 0.2) is 10.8 Å². The Hall–Kier alpha value is -4.03. The van der Waals surface area contributed by atoms with E-state index in [2.05, 4.69) is 20.2 Å². The van der Waals surface area contributed by atoms with Crippen molar-refractivity contribution in [3.63, 3.8) is 0 Å². The number of hydrogen-bond donors (Lipinski definition) is 2. The van der Waals surface area contributed by atoms with Gasteiger partial charge in [0.2, 0.25) is 0 Å². The first-order chi connectivity index (χ1) is 19.5. The van der Waals surface area contributed by atoms with E-state index in [1.165, 1.54) is 36.4 Å². The maximum absolute atomic E-state index is 13.8. The van der Waals surface area contributed by atoms with Crippen LogP contribution in [0.25, 0.3) is 0 Å². The Labute approximate surface area is 240 Å². The Morgan fingerprint density at radius 1 is 1.05 bits per heavy atom. The van der Waals surface area contributed by atoms with Crippen LogP contribution in [-0.4, -0.2) is 42.5 Å². The first-order valence-electron chi connectivity index (χ1n) is 12.7. The summed E-state index contributed by atoms with van der Waals surface area (Å²) in [7, 11) is -4.34. The highest BCUT2D eigenvalue weighted by Crippen LogP contribution is 2.37. The maximum Gasteiger partial charge on any atom is 0.282 e. The molecular formula is C28H26ClF2N5O4S. The number of halogens is 3. The van der Waals surface area contributed by atoms with Crippen LogP contribution in [0.15, 0.2) is 64.3 Å². The summed E-state index contributed by atoms with van der Waals surface area (Å²) < 4.78 is 60.7. The van der Waals surface area contributed by atoms with Crippen molar-refractivity contribution < 1.29 is 26.5 Å². The van der Waals surface area contributed by atoms with E-state index in [1.807, 2.05) is 0 Å². The Balaban J connectivity index is 1.47. The first-order valence-corrected chi connectivity index (χ1v) is 14.6. The van der Waals surface area contributed by atoms with E-state index >= 15 is 0 Å². The van der Waals surface area contributed by atoms with Crippen molar-refractivity contribution in [1.82, 2.24) is 15.0 Å². The van der Waals surface area contributed by atoms with Crippen LogP contribution in [0, 0.1) is 25.5 Å². The van der Waals surface area contributed by atoms with Gasteiger partial charge in [0.1, 0.15) is 22.4 Å². The molecule has 0 spiro atoms. The minimum absolute atomic E-state index is 0.0127. The summed E-state index contributed by atoms with van der Waals surface area (Å²) in [6, 6.07) is 11.7. The molecule has 1 saturated heterocycles. The third-order valence-corrected chi connectivity index (χ3v) is 8.69. The largest absolute Gasteiger partial charge is 0.360 e. The molecule has 3 heterocycles. The van der Waals surface area contributed by atoms with Gasteiger partial charge in [0, 0.05) is 31.0 Å². The molecule has 41 heavy (non-hydrogen) atoms. The second-order valence-electron chi connectivity index (χ2n) is 9.80. The monoisotopic (exact) mass is 601 g/mol. The van der Waals surface area contributed by atoms with E-state index in [1.54, 1.807) is 30.9 Å². The zero-order chi connectivity index (χ0) is 29.3. The number of likely N-dealkylation sites (tertiary alicyclic amines) is 1. The predicted octanol–water partition coefficient (Wildman–Crippen LogP) is 6.18. The molecule has 0 bridgehead atoms. The van der Waals surface area contributed by atoms with Crippen LogP contribution in [0.4, 0.5) is 26.0 Å². The van der Waals surface area contributed by atoms with Crippen molar-refractivity contribution in [2.24, 2.45) is 0 Å². The smallest absolute Gasteiger partial charge is 0.282 e. The molecule has 1 aliphatic heterocycles. The molecule has 0 aliphatic carbocycles. The number of aromatic nitrogens is 2. The van der Waals surface area contributed by atoms with Crippen molar-refractivity contribution in [3.8, 4) is 0 Å². The number of nitrogens with one attached hydrogen (secondary N) is 2. The van der Waals surface area contributed by atoms with Crippen LogP contribution in [-0.2, 0) is 10.0 Å². The molecule has 4 aromatic rings. The van der Waals surface area contributed by atoms with Crippen molar-refractivity contribution in [2.75, 3.05) is 23.1 Å². The summed E-state index contributed by atoms with van der Waals surface area (Å²) in [4.78, 5) is 19.4. The molecule has 214 valence electrons. The molecule has 0 radical (unpaired) electrons. The number of pyridine rings is 1. The molecule has 1 amide bonds. The highest BCUT2D eigenvalue weighted by molar-refractivity contribution is 7.92. The van der Waals surface area contributed by atoms with Crippen molar-refractivity contribution in [3.05, 3.63) is 93.8 Å². The lowest BCUT2D eigenvalue weighted by molar-refractivity contribution is 0.0713. The molecule has 13 heteroatoms. The summed E-state index contributed by atoms with van der Waals surface area (Å²) in [6.45, 7) is 4.10. The zero-order valence-electron chi connectivity index (χ0n) is 22.1. The number of carbonyl (C=O) groups is 1. The number of aryl methyl sites for hydroxylation is 2. The number of piperidine rings is 1. The van der Waals surface area contributed by atoms with Crippen LogP contribution < -0.4 is 10.0 Å². The van der Waals surface area contributed by atoms with E-state index < -0.39 is 26.8 Å². The SMILES string of the molecule is Cc1cc(NS(=O)(=O)c2ncc(C(=O)N3CCC(c4ccc(F)cc4)CC3)c(Nc3ccc(F)cc3C)c2Cl)no1. The molecule has 0 atom stereocenters. The number of rotatable bonds is 7. The van der Waals surface area contributed by atoms with Gasteiger partial charge in [-0.3, -0.25) is 9.52 Å². The molecule has 1 aliphatic rings. The zero-order valence-corrected chi connectivity index (χ0v) is 23.7. The third kappa shape index (κ3) is 6.18. The quantitative estimate of drug-likeness (QED) is 0.260. The molecule has 0 unspecified atom stereocenters. The average Bonchev–Trinajstić information content (AvgIpc) is 3.34. The summed E-state index contributed by atoms with van der Waals surface area (Å²) in [5.41, 5.74) is 2.00. The Morgan fingerprint density at radius 2 is 1.73 bits per heavy atom. The van der Waals surface area contributed by atoms with E-state index in [4.69, 9.17) is 16.1 Å². The molecule has 2 N–H and O–H groups in total. The lowest BCUT2D eigenvalue weighted by Gasteiger charge is -2.33. The normalized spacial score (nSPS) is 14.2. The summed E-state index contributed by atoms with van der Waals surface area (Å²) in [5, 5.41) is 5.81. The molecule has 2 aromatic carbocycles. The number of carbonyl (C=O) groups excluding carboxylic acids is 1. The Bertz CT molecular complexity index is 1710. The third-order valence-electron chi connectivity index (χ3n) is 6.91. The number of amides is 1. The summed E-state index contributed by atoms with van der Waals surface area (Å²) in [6.07, 6.45) is 2.47. The van der Waals surface area contributed by atoms with Crippen LogP contribution >= 0.6 is 11.6 Å². The lowest BCUT2D eigenvalue weighted by Crippen LogP contribution is -2.38. The van der Waals surface area contributed by atoms with Gasteiger partial charge in [-0.2, -0.15) is 8.42 Å². The molecule has 2 aromatic heterocycles. The van der Waals surface area contributed by atoms with Crippen molar-refractivity contribution in [2.45, 2.75) is 37.6 Å². The van der Waals surface area contributed by atoms with Gasteiger partial charge in [0.25, 0.3) is 15.9 Å². The number of sulfonamides is 1. The minimum atomic E-state index is -4.34. The Morgan fingerprint density at radius 3 is 2.37 bits per heavy atom. The highest BCUT2D eigenvalue weighted by atomic mass is 35.5. The maximum atomic E-state index is 13.8. The van der Waals surface area contributed by atoms with Crippen molar-refractivity contribution >= 4 is 44.7 Å². The van der Waals surface area contributed by atoms with Crippen LogP contribution in [0.2, 0.25) is 5.02 Å². The fraction of sp³-hybridized carbons (Fsp3) is 0.250. The van der Waals surface area contributed by atoms with Gasteiger partial charge in [-0.1, -0.05) is 28.9 Å². The van der Waals surface area contributed by atoms with E-state index in [-0.39, 0.29) is 33.8 Å².